The smallest absolute Gasteiger partial charge is 0.0580 e. The third-order valence-electron chi connectivity index (χ3n) is 1.60. The molecule has 2 nitrogen and oxygen atoms in total. The van der Waals surface area contributed by atoms with Crippen LogP contribution in [0.5, 0.6) is 0 Å². The van der Waals surface area contributed by atoms with Gasteiger partial charge < -0.3 is 0 Å². The molecule has 0 N–H and O–H groups in total. The summed E-state index contributed by atoms with van der Waals surface area (Å²) in [4.78, 5) is 0. The summed E-state index contributed by atoms with van der Waals surface area (Å²) in [5.74, 6) is 0. The number of hydrogen-bond donors (Lipinski definition) is 0. The van der Waals surface area contributed by atoms with Gasteiger partial charge in [0.15, 0.2) is 0 Å². The molecule has 0 unspecified atom stereocenters. The maximum absolute atomic E-state index is 3.85. The highest BCUT2D eigenvalue weighted by Crippen LogP contribution is 2.00. The normalized spacial score (nSPS) is 11.1. The van der Waals surface area contributed by atoms with Crippen molar-refractivity contribution in [2.24, 2.45) is 10.2 Å². The molecule has 14 heavy (non-hydrogen) atoms. The first-order valence-corrected chi connectivity index (χ1v) is 5.21. The summed E-state index contributed by atoms with van der Waals surface area (Å²) in [6, 6.07) is 0. The highest BCUT2D eigenvalue weighted by atomic mass is 15.1. The zero-order valence-corrected chi connectivity index (χ0v) is 10.3. The van der Waals surface area contributed by atoms with Gasteiger partial charge in [-0.3, -0.25) is 0 Å². The Morgan fingerprint density at radius 1 is 1.36 bits per heavy atom. The van der Waals surface area contributed by atoms with E-state index in [9.17, 15) is 0 Å². The molecule has 0 rings (SSSR count). The number of allylic oxidation sites excluding steroid dienone is 3. The van der Waals surface area contributed by atoms with Gasteiger partial charge in [-0.2, -0.15) is 10.2 Å². The van der Waals surface area contributed by atoms with Crippen LogP contribution in [0.1, 0.15) is 47.0 Å². The van der Waals surface area contributed by atoms with Crippen LogP contribution in [0.25, 0.3) is 0 Å². The Morgan fingerprint density at radius 2 is 1.93 bits per heavy atom. The van der Waals surface area contributed by atoms with Crippen molar-refractivity contribution < 1.29 is 0 Å². The molecule has 0 amide bonds. The average molecular weight is 196 g/mol. The summed E-state index contributed by atoms with van der Waals surface area (Å²) < 4.78 is 0. The lowest BCUT2D eigenvalue weighted by molar-refractivity contribution is 0.910. The third kappa shape index (κ3) is 13.7. The first kappa shape index (κ1) is 15.5. The summed E-state index contributed by atoms with van der Waals surface area (Å²) in [5, 5.41) is 7.48. The van der Waals surface area contributed by atoms with Crippen LogP contribution in [0.4, 0.5) is 0 Å². The fourth-order valence-corrected chi connectivity index (χ4v) is 0.888. The lowest BCUT2D eigenvalue weighted by atomic mass is 10.2. The summed E-state index contributed by atoms with van der Waals surface area (Å²) in [6.07, 6.45) is 5.34. The minimum atomic E-state index is 0.966. The van der Waals surface area contributed by atoms with Crippen molar-refractivity contribution in [3.63, 3.8) is 0 Å². The van der Waals surface area contributed by atoms with Crippen molar-refractivity contribution >= 4 is 0 Å². The van der Waals surface area contributed by atoms with Gasteiger partial charge in [0, 0.05) is 7.05 Å². The van der Waals surface area contributed by atoms with Crippen molar-refractivity contribution in [3.05, 3.63) is 23.9 Å². The molecule has 82 valence electrons. The van der Waals surface area contributed by atoms with E-state index < -0.39 is 0 Å². The third-order valence-corrected chi connectivity index (χ3v) is 1.60. The molecule has 0 fully saturated rings. The van der Waals surface area contributed by atoms with E-state index in [1.54, 1.807) is 7.05 Å². The Hall–Kier alpha value is -0.920. The summed E-state index contributed by atoms with van der Waals surface area (Å²) in [5.41, 5.74) is 2.34. The summed E-state index contributed by atoms with van der Waals surface area (Å²) in [7, 11) is 1.68. The van der Waals surface area contributed by atoms with Gasteiger partial charge in [-0.25, -0.2) is 0 Å². The molecule has 0 spiro atoms. The van der Waals surface area contributed by atoms with Crippen molar-refractivity contribution in [1.29, 1.82) is 0 Å². The average Bonchev–Trinajstić information content (AvgIpc) is 2.15. The van der Waals surface area contributed by atoms with Crippen molar-refractivity contribution in [2.75, 3.05) is 7.05 Å². The monoisotopic (exact) mass is 196 g/mol. The zero-order valence-electron chi connectivity index (χ0n) is 10.3. The standard InChI is InChI=1S/C6H12N2.C6H12/c1-4-6(5-2)8-7-3;1-4-5-6(2)3/h4H,5H2,1-3H3;2,4-5H2,1,3H3/b6-4-,8-7?;. The number of nitrogens with zero attached hydrogens (tertiary/aromatic N) is 2. The topological polar surface area (TPSA) is 24.7 Å². The zero-order chi connectivity index (χ0) is 11.4. The molecule has 0 heterocycles. The Kier molecular flexibility index (Phi) is 13.4. The van der Waals surface area contributed by atoms with Gasteiger partial charge in [0.25, 0.3) is 0 Å². The van der Waals surface area contributed by atoms with Crippen LogP contribution in [0.3, 0.4) is 0 Å². The second-order valence-corrected chi connectivity index (χ2v) is 3.14. The van der Waals surface area contributed by atoms with E-state index in [1.165, 1.54) is 18.4 Å². The Morgan fingerprint density at radius 3 is 2.00 bits per heavy atom. The van der Waals surface area contributed by atoms with Crippen LogP contribution in [0, 0.1) is 0 Å². The molecule has 0 aromatic heterocycles. The summed E-state index contributed by atoms with van der Waals surface area (Å²) in [6.45, 7) is 12.0. The SMILES string of the molecule is C/C=C(/CC)N=NC.C=C(C)CCC. The first-order valence-electron chi connectivity index (χ1n) is 5.21. The van der Waals surface area contributed by atoms with E-state index in [2.05, 4.69) is 37.6 Å². The predicted octanol–water partition coefficient (Wildman–Crippen LogP) is 4.74. The highest BCUT2D eigenvalue weighted by molar-refractivity contribution is 4.94. The van der Waals surface area contributed by atoms with Gasteiger partial charge >= 0.3 is 0 Å². The second-order valence-electron chi connectivity index (χ2n) is 3.14. The maximum Gasteiger partial charge on any atom is 0.0580 e. The van der Waals surface area contributed by atoms with Crippen LogP contribution < -0.4 is 0 Å². The fourth-order valence-electron chi connectivity index (χ4n) is 0.888. The highest BCUT2D eigenvalue weighted by Gasteiger charge is 1.82. The van der Waals surface area contributed by atoms with Crippen LogP contribution >= 0.6 is 0 Å². The molecule has 2 heteroatoms. The lowest BCUT2D eigenvalue weighted by Crippen LogP contribution is -1.69. The molecule has 0 atom stereocenters. The van der Waals surface area contributed by atoms with Crippen molar-refractivity contribution in [2.45, 2.75) is 47.0 Å². The Balaban J connectivity index is 0. The molecule has 0 aliphatic carbocycles. The molecule has 0 saturated heterocycles. The minimum absolute atomic E-state index is 0.966. The maximum atomic E-state index is 3.85. The molecule has 0 bridgehead atoms. The van der Waals surface area contributed by atoms with E-state index in [0.29, 0.717) is 0 Å². The quantitative estimate of drug-likeness (QED) is 0.458. The largest absolute Gasteiger partial charge is 0.192 e. The summed E-state index contributed by atoms with van der Waals surface area (Å²) >= 11 is 0. The predicted molar refractivity (Wildman–Crippen MR) is 64.6 cm³/mol. The first-order chi connectivity index (χ1) is 6.62. The van der Waals surface area contributed by atoms with E-state index in [1.807, 2.05) is 13.0 Å². The Bertz CT molecular complexity index is 188. The van der Waals surface area contributed by atoms with Gasteiger partial charge in [0.05, 0.1) is 5.70 Å². The van der Waals surface area contributed by atoms with E-state index in [-0.39, 0.29) is 0 Å². The number of azo groups is 1. The lowest BCUT2D eigenvalue weighted by Gasteiger charge is -1.88. The van der Waals surface area contributed by atoms with Crippen molar-refractivity contribution in [3.8, 4) is 0 Å². The van der Waals surface area contributed by atoms with Gasteiger partial charge in [0.1, 0.15) is 0 Å². The minimum Gasteiger partial charge on any atom is -0.192 e. The molecule has 0 aliphatic heterocycles. The molecular formula is C12H24N2. The van der Waals surface area contributed by atoms with E-state index >= 15 is 0 Å². The molecule has 0 saturated carbocycles. The van der Waals surface area contributed by atoms with Crippen LogP contribution in [-0.4, -0.2) is 7.05 Å². The molecule has 0 aromatic carbocycles. The number of rotatable bonds is 4. The van der Waals surface area contributed by atoms with Gasteiger partial charge in [-0.05, 0) is 26.7 Å². The number of hydrogen-bond acceptors (Lipinski definition) is 2. The molecular weight excluding hydrogens is 172 g/mol. The van der Waals surface area contributed by atoms with Crippen molar-refractivity contribution in [1.82, 2.24) is 0 Å². The Labute approximate surface area is 88.8 Å². The van der Waals surface area contributed by atoms with Gasteiger partial charge in [0.2, 0.25) is 0 Å². The van der Waals surface area contributed by atoms with Crippen LogP contribution in [0.15, 0.2) is 34.2 Å². The molecule has 0 radical (unpaired) electrons. The fraction of sp³-hybridized carbons (Fsp3) is 0.667. The van der Waals surface area contributed by atoms with Gasteiger partial charge in [-0.15, -0.1) is 6.58 Å². The van der Waals surface area contributed by atoms with Crippen LogP contribution in [0.2, 0.25) is 0 Å². The molecule has 0 aromatic rings. The van der Waals surface area contributed by atoms with Crippen LogP contribution in [-0.2, 0) is 0 Å². The van der Waals surface area contributed by atoms with E-state index in [0.717, 1.165) is 12.1 Å². The van der Waals surface area contributed by atoms with Gasteiger partial charge in [-0.1, -0.05) is 31.9 Å². The van der Waals surface area contributed by atoms with E-state index in [4.69, 9.17) is 0 Å². The molecule has 0 aliphatic rings. The second kappa shape index (κ2) is 12.1.